The van der Waals surface area contributed by atoms with Gasteiger partial charge in [0.2, 0.25) is 0 Å². The number of Topliss-reactive ketones (excluding diaryl/α,β-unsaturated/α-hetero) is 1. The second kappa shape index (κ2) is 6.79. The summed E-state index contributed by atoms with van der Waals surface area (Å²) < 4.78 is 1.91. The smallest absolute Gasteiger partial charge is 0.185 e. The van der Waals surface area contributed by atoms with Crippen LogP contribution in [0.3, 0.4) is 0 Å². The van der Waals surface area contributed by atoms with Crippen molar-refractivity contribution in [1.29, 1.82) is 0 Å². The maximum atomic E-state index is 12.5. The molecule has 2 aromatic heterocycles. The van der Waals surface area contributed by atoms with Gasteiger partial charge in [-0.15, -0.1) is 0 Å². The molecule has 1 atom stereocenters. The lowest BCUT2D eigenvalue weighted by molar-refractivity contribution is 0.0801. The van der Waals surface area contributed by atoms with Crippen LogP contribution in [-0.4, -0.2) is 43.5 Å². The first-order valence-corrected chi connectivity index (χ1v) is 7.82. The zero-order valence-electron chi connectivity index (χ0n) is 12.9. The van der Waals surface area contributed by atoms with Crippen molar-refractivity contribution in [3.05, 3.63) is 42.2 Å². The second-order valence-corrected chi connectivity index (χ2v) is 5.65. The third kappa shape index (κ3) is 3.22. The van der Waals surface area contributed by atoms with Gasteiger partial charge in [0.1, 0.15) is 17.8 Å². The zero-order valence-corrected chi connectivity index (χ0v) is 12.9. The lowest BCUT2D eigenvalue weighted by Gasteiger charge is -2.31. The van der Waals surface area contributed by atoms with Gasteiger partial charge in [-0.05, 0) is 38.4 Å². The Kier molecular flexibility index (Phi) is 4.58. The highest BCUT2D eigenvalue weighted by Crippen LogP contribution is 2.21. The van der Waals surface area contributed by atoms with Crippen molar-refractivity contribution in [2.24, 2.45) is 5.92 Å². The van der Waals surface area contributed by atoms with E-state index < -0.39 is 0 Å². The van der Waals surface area contributed by atoms with Crippen LogP contribution in [-0.2, 0) is 13.1 Å². The molecule has 2 aromatic rings. The number of hydrogen-bond donors (Lipinski definition) is 0. The predicted molar refractivity (Wildman–Crippen MR) is 82.3 cm³/mol. The van der Waals surface area contributed by atoms with Gasteiger partial charge in [-0.1, -0.05) is 6.07 Å². The first-order valence-electron chi connectivity index (χ1n) is 7.82. The van der Waals surface area contributed by atoms with Gasteiger partial charge in [0.15, 0.2) is 5.78 Å². The van der Waals surface area contributed by atoms with Crippen LogP contribution in [0.2, 0.25) is 0 Å². The van der Waals surface area contributed by atoms with Crippen LogP contribution >= 0.6 is 0 Å². The van der Waals surface area contributed by atoms with Crippen LogP contribution in [0, 0.1) is 5.92 Å². The number of hydrogen-bond acceptors (Lipinski definition) is 5. The Morgan fingerprint density at radius 3 is 3.05 bits per heavy atom. The Hall–Kier alpha value is -2.08. The third-order valence-electron chi connectivity index (χ3n) is 4.15. The number of likely N-dealkylation sites (tertiary alicyclic amines) is 1. The number of aromatic nitrogens is 4. The molecular formula is C16H21N5O. The number of carbonyl (C=O) groups excluding carboxylic acids is 1. The lowest BCUT2D eigenvalue weighted by Crippen LogP contribution is -2.39. The van der Waals surface area contributed by atoms with Crippen LogP contribution in [0.4, 0.5) is 0 Å². The zero-order chi connectivity index (χ0) is 15.4. The van der Waals surface area contributed by atoms with E-state index in [1.165, 1.54) is 0 Å². The Morgan fingerprint density at radius 2 is 2.27 bits per heavy atom. The molecule has 0 amide bonds. The topological polar surface area (TPSA) is 63.9 Å². The molecule has 0 bridgehead atoms. The van der Waals surface area contributed by atoms with Crippen molar-refractivity contribution in [1.82, 2.24) is 24.6 Å². The summed E-state index contributed by atoms with van der Waals surface area (Å²) in [6, 6.07) is 5.50. The number of nitrogens with zero attached hydrogens (tertiary/aromatic N) is 5. The maximum Gasteiger partial charge on any atom is 0.185 e. The predicted octanol–water partition coefficient (Wildman–Crippen LogP) is 1.79. The fourth-order valence-electron chi connectivity index (χ4n) is 3.01. The minimum atomic E-state index is 0.0293. The monoisotopic (exact) mass is 299 g/mol. The van der Waals surface area contributed by atoms with Gasteiger partial charge < -0.3 is 0 Å². The van der Waals surface area contributed by atoms with E-state index in [1.54, 1.807) is 18.6 Å². The van der Waals surface area contributed by atoms with E-state index >= 15 is 0 Å². The van der Waals surface area contributed by atoms with Crippen molar-refractivity contribution < 1.29 is 4.79 Å². The molecule has 0 radical (unpaired) electrons. The van der Waals surface area contributed by atoms with Crippen LogP contribution in [0.25, 0.3) is 0 Å². The average Bonchev–Trinajstić information content (AvgIpc) is 3.02. The fraction of sp³-hybridized carbons (Fsp3) is 0.500. The minimum absolute atomic E-state index is 0.0293. The summed E-state index contributed by atoms with van der Waals surface area (Å²) in [5, 5.41) is 4.20. The molecule has 0 saturated carbocycles. The van der Waals surface area contributed by atoms with Crippen molar-refractivity contribution in [2.45, 2.75) is 32.9 Å². The Morgan fingerprint density at radius 1 is 1.36 bits per heavy atom. The first-order chi connectivity index (χ1) is 10.8. The maximum absolute atomic E-state index is 12.5. The summed E-state index contributed by atoms with van der Waals surface area (Å²) in [5.74, 6) is 1.15. The van der Waals surface area contributed by atoms with Crippen molar-refractivity contribution in [3.63, 3.8) is 0 Å². The first kappa shape index (κ1) is 14.8. The summed E-state index contributed by atoms with van der Waals surface area (Å²) in [7, 11) is 0. The van der Waals surface area contributed by atoms with Crippen molar-refractivity contribution >= 4 is 5.78 Å². The Balaban J connectivity index is 1.65. The molecule has 1 fully saturated rings. The van der Waals surface area contributed by atoms with E-state index in [9.17, 15) is 4.79 Å². The summed E-state index contributed by atoms with van der Waals surface area (Å²) in [6.07, 6.45) is 5.24. The summed E-state index contributed by atoms with van der Waals surface area (Å²) in [6.45, 7) is 5.40. The molecule has 0 N–H and O–H groups in total. The third-order valence-corrected chi connectivity index (χ3v) is 4.15. The van der Waals surface area contributed by atoms with E-state index in [0.717, 1.165) is 44.8 Å². The van der Waals surface area contributed by atoms with Gasteiger partial charge in [-0.2, -0.15) is 5.10 Å². The fourth-order valence-corrected chi connectivity index (χ4v) is 3.01. The summed E-state index contributed by atoms with van der Waals surface area (Å²) >= 11 is 0. The molecule has 3 heterocycles. The molecule has 0 aliphatic carbocycles. The average molecular weight is 299 g/mol. The van der Waals surface area contributed by atoms with E-state index in [1.807, 2.05) is 16.8 Å². The van der Waals surface area contributed by atoms with Gasteiger partial charge in [-0.3, -0.25) is 14.7 Å². The van der Waals surface area contributed by atoms with Gasteiger partial charge >= 0.3 is 0 Å². The molecule has 0 aromatic carbocycles. The number of aryl methyl sites for hydroxylation is 1. The minimum Gasteiger partial charge on any atom is -0.295 e. The molecular weight excluding hydrogens is 278 g/mol. The molecule has 1 aliphatic rings. The standard InChI is InChI=1S/C16H21N5O/c1-2-21-15(18-12-19-21)11-20-9-5-6-13(10-20)16(22)14-7-3-4-8-17-14/h3-4,7-8,12-13H,2,5-6,9-11H2,1H3/t13-/m0/s1. The summed E-state index contributed by atoms with van der Waals surface area (Å²) in [5.41, 5.74) is 0.575. The van der Waals surface area contributed by atoms with Crippen LogP contribution in [0.5, 0.6) is 0 Å². The lowest BCUT2D eigenvalue weighted by atomic mass is 9.92. The highest BCUT2D eigenvalue weighted by atomic mass is 16.1. The van der Waals surface area contributed by atoms with E-state index in [0.29, 0.717) is 5.69 Å². The molecule has 1 aliphatic heterocycles. The van der Waals surface area contributed by atoms with Crippen LogP contribution < -0.4 is 0 Å². The van der Waals surface area contributed by atoms with E-state index in [-0.39, 0.29) is 11.7 Å². The SMILES string of the molecule is CCn1ncnc1CN1CCC[C@H](C(=O)c2ccccn2)C1. The number of ketones is 1. The normalized spacial score (nSPS) is 19.2. The van der Waals surface area contributed by atoms with Gasteiger partial charge in [-0.25, -0.2) is 9.67 Å². The summed E-state index contributed by atoms with van der Waals surface area (Å²) in [4.78, 5) is 23.4. The molecule has 3 rings (SSSR count). The van der Waals surface area contributed by atoms with Crippen LogP contribution in [0.1, 0.15) is 36.1 Å². The highest BCUT2D eigenvalue weighted by Gasteiger charge is 2.27. The second-order valence-electron chi connectivity index (χ2n) is 5.65. The van der Waals surface area contributed by atoms with E-state index in [4.69, 9.17) is 0 Å². The van der Waals surface area contributed by atoms with Crippen LogP contribution in [0.15, 0.2) is 30.7 Å². The van der Waals surface area contributed by atoms with Gasteiger partial charge in [0.25, 0.3) is 0 Å². The van der Waals surface area contributed by atoms with Crippen molar-refractivity contribution in [2.75, 3.05) is 13.1 Å². The Labute approximate surface area is 130 Å². The number of pyridine rings is 1. The molecule has 0 spiro atoms. The van der Waals surface area contributed by atoms with Crippen molar-refractivity contribution in [3.8, 4) is 0 Å². The molecule has 1 saturated heterocycles. The van der Waals surface area contributed by atoms with E-state index in [2.05, 4.69) is 26.9 Å². The molecule has 6 nitrogen and oxygen atoms in total. The van der Waals surface area contributed by atoms with Gasteiger partial charge in [0, 0.05) is 25.2 Å². The Bertz CT molecular complexity index is 624. The van der Waals surface area contributed by atoms with Gasteiger partial charge in [0.05, 0.1) is 6.54 Å². The highest BCUT2D eigenvalue weighted by molar-refractivity contribution is 5.96. The molecule has 22 heavy (non-hydrogen) atoms. The number of piperidine rings is 1. The largest absolute Gasteiger partial charge is 0.295 e. The molecule has 6 heteroatoms. The molecule has 0 unspecified atom stereocenters. The molecule has 116 valence electrons. The quantitative estimate of drug-likeness (QED) is 0.788. The number of rotatable bonds is 5. The number of carbonyl (C=O) groups is 1.